The Morgan fingerprint density at radius 3 is 2.72 bits per heavy atom. The number of sulfone groups is 1. The number of rotatable bonds is 7. The molecule has 0 saturated carbocycles. The van der Waals surface area contributed by atoms with Crippen LogP contribution in [0.15, 0.2) is 22.7 Å². The van der Waals surface area contributed by atoms with E-state index in [2.05, 4.69) is 21.2 Å². The molecule has 1 aliphatic rings. The Hall–Kier alpha value is -1.12. The molecule has 1 aromatic rings. The molecule has 140 valence electrons. The molecule has 0 spiro atoms. The highest BCUT2D eigenvalue weighted by atomic mass is 79.9. The molecular formula is C17H25BrN2O4S. The molecule has 1 aliphatic heterocycles. The monoisotopic (exact) mass is 432 g/mol. The summed E-state index contributed by atoms with van der Waals surface area (Å²) in [5.74, 6) is 0.939. The number of likely N-dealkylation sites (N-methyl/N-ethyl adjacent to an activating group) is 1. The van der Waals surface area contributed by atoms with E-state index in [9.17, 15) is 13.2 Å². The van der Waals surface area contributed by atoms with Gasteiger partial charge in [0, 0.05) is 18.6 Å². The van der Waals surface area contributed by atoms with Crippen LogP contribution < -0.4 is 10.1 Å². The van der Waals surface area contributed by atoms with Crippen molar-refractivity contribution >= 4 is 31.7 Å². The van der Waals surface area contributed by atoms with E-state index < -0.39 is 9.84 Å². The van der Waals surface area contributed by atoms with Crippen molar-refractivity contribution in [2.75, 3.05) is 31.7 Å². The quantitative estimate of drug-likeness (QED) is 0.713. The number of benzene rings is 1. The van der Waals surface area contributed by atoms with Gasteiger partial charge in [0.1, 0.15) is 5.75 Å². The number of amides is 1. The third kappa shape index (κ3) is 5.18. The third-order valence-electron chi connectivity index (χ3n) is 4.55. The van der Waals surface area contributed by atoms with E-state index in [0.29, 0.717) is 13.0 Å². The first-order valence-corrected chi connectivity index (χ1v) is 11.0. The summed E-state index contributed by atoms with van der Waals surface area (Å²) >= 11 is 3.46. The Bertz CT molecular complexity index is 723. The van der Waals surface area contributed by atoms with Gasteiger partial charge < -0.3 is 15.0 Å². The molecule has 2 atom stereocenters. The third-order valence-corrected chi connectivity index (χ3v) is 6.92. The van der Waals surface area contributed by atoms with Crippen LogP contribution in [-0.4, -0.2) is 57.0 Å². The van der Waals surface area contributed by atoms with Gasteiger partial charge in [-0.15, -0.1) is 0 Å². The maximum absolute atomic E-state index is 12.5. The molecule has 2 unspecified atom stereocenters. The lowest BCUT2D eigenvalue weighted by atomic mass is 10.1. The number of halogens is 1. The van der Waals surface area contributed by atoms with Crippen molar-refractivity contribution in [3.05, 3.63) is 28.2 Å². The maximum Gasteiger partial charge on any atom is 0.236 e. The number of methoxy groups -OCH3 is 1. The predicted molar refractivity (Wildman–Crippen MR) is 102 cm³/mol. The van der Waals surface area contributed by atoms with Crippen molar-refractivity contribution in [3.8, 4) is 5.75 Å². The van der Waals surface area contributed by atoms with E-state index in [4.69, 9.17) is 4.74 Å². The minimum Gasteiger partial charge on any atom is -0.496 e. The van der Waals surface area contributed by atoms with Crippen LogP contribution in [0.4, 0.5) is 0 Å². The van der Waals surface area contributed by atoms with Crippen LogP contribution in [0.2, 0.25) is 0 Å². The number of carbonyl (C=O) groups is 1. The van der Waals surface area contributed by atoms with E-state index in [-0.39, 0.29) is 36.0 Å². The van der Waals surface area contributed by atoms with E-state index >= 15 is 0 Å². The Balaban J connectivity index is 1.95. The molecule has 25 heavy (non-hydrogen) atoms. The van der Waals surface area contributed by atoms with Crippen molar-refractivity contribution in [1.29, 1.82) is 0 Å². The number of ether oxygens (including phenoxy) is 1. The molecule has 0 radical (unpaired) electrons. The fourth-order valence-electron chi connectivity index (χ4n) is 3.07. The maximum atomic E-state index is 12.5. The summed E-state index contributed by atoms with van der Waals surface area (Å²) in [6.45, 7) is 4.56. The molecule has 2 rings (SSSR count). The van der Waals surface area contributed by atoms with Gasteiger partial charge in [-0.3, -0.25) is 4.79 Å². The van der Waals surface area contributed by atoms with Gasteiger partial charge in [-0.05, 0) is 53.9 Å². The molecule has 1 fully saturated rings. The molecule has 1 amide bonds. The highest BCUT2D eigenvalue weighted by Crippen LogP contribution is 2.28. The fraction of sp³-hybridized carbons (Fsp3) is 0.588. The second kappa shape index (κ2) is 8.51. The minimum absolute atomic E-state index is 0.0165. The molecule has 1 saturated heterocycles. The van der Waals surface area contributed by atoms with Crippen molar-refractivity contribution in [2.45, 2.75) is 32.4 Å². The molecule has 8 heteroatoms. The summed E-state index contributed by atoms with van der Waals surface area (Å²) in [5, 5.41) is 3.22. The summed E-state index contributed by atoms with van der Waals surface area (Å²) in [6.07, 6.45) is 0.531. The van der Waals surface area contributed by atoms with Crippen LogP contribution in [0.1, 0.15) is 31.9 Å². The fourth-order valence-corrected chi connectivity index (χ4v) is 5.36. The molecular weight excluding hydrogens is 408 g/mol. The van der Waals surface area contributed by atoms with E-state index in [1.54, 1.807) is 12.0 Å². The van der Waals surface area contributed by atoms with E-state index in [1.807, 2.05) is 32.0 Å². The van der Waals surface area contributed by atoms with Gasteiger partial charge in [0.05, 0.1) is 29.6 Å². The summed E-state index contributed by atoms with van der Waals surface area (Å²) in [6, 6.07) is 5.57. The summed E-state index contributed by atoms with van der Waals surface area (Å²) in [5.41, 5.74) is 1.03. The van der Waals surface area contributed by atoms with Gasteiger partial charge in [-0.1, -0.05) is 6.07 Å². The lowest BCUT2D eigenvalue weighted by Crippen LogP contribution is -2.45. The van der Waals surface area contributed by atoms with Gasteiger partial charge in [0.2, 0.25) is 5.91 Å². The van der Waals surface area contributed by atoms with E-state index in [1.165, 1.54) is 0 Å². The molecule has 0 bridgehead atoms. The summed E-state index contributed by atoms with van der Waals surface area (Å²) in [7, 11) is -1.39. The van der Waals surface area contributed by atoms with Gasteiger partial charge >= 0.3 is 0 Å². The highest BCUT2D eigenvalue weighted by molar-refractivity contribution is 9.10. The predicted octanol–water partition coefficient (Wildman–Crippen LogP) is 2.14. The molecule has 6 nitrogen and oxygen atoms in total. The van der Waals surface area contributed by atoms with Gasteiger partial charge in [-0.25, -0.2) is 8.42 Å². The first-order chi connectivity index (χ1) is 11.8. The molecule has 1 aromatic carbocycles. The second-order valence-corrected chi connectivity index (χ2v) is 9.32. The number of hydrogen-bond acceptors (Lipinski definition) is 5. The van der Waals surface area contributed by atoms with Crippen molar-refractivity contribution in [2.24, 2.45) is 0 Å². The first kappa shape index (κ1) is 20.2. The van der Waals surface area contributed by atoms with Crippen LogP contribution in [0.5, 0.6) is 5.75 Å². The molecule has 1 N–H and O–H groups in total. The zero-order valence-electron chi connectivity index (χ0n) is 14.8. The second-order valence-electron chi connectivity index (χ2n) is 6.23. The van der Waals surface area contributed by atoms with Gasteiger partial charge in [-0.2, -0.15) is 0 Å². The van der Waals surface area contributed by atoms with Crippen LogP contribution in [-0.2, 0) is 14.6 Å². The molecule has 1 heterocycles. The van der Waals surface area contributed by atoms with Gasteiger partial charge in [0.15, 0.2) is 9.84 Å². The Labute approximate surface area is 158 Å². The average molecular weight is 433 g/mol. The molecule has 0 aliphatic carbocycles. The van der Waals surface area contributed by atoms with Crippen LogP contribution >= 0.6 is 15.9 Å². The zero-order valence-corrected chi connectivity index (χ0v) is 17.2. The summed E-state index contributed by atoms with van der Waals surface area (Å²) < 4.78 is 29.4. The van der Waals surface area contributed by atoms with Crippen LogP contribution in [0.25, 0.3) is 0 Å². The van der Waals surface area contributed by atoms with Gasteiger partial charge in [0.25, 0.3) is 0 Å². The lowest BCUT2D eigenvalue weighted by Gasteiger charge is -2.27. The topological polar surface area (TPSA) is 75.7 Å². The Morgan fingerprint density at radius 2 is 2.20 bits per heavy atom. The number of hydrogen-bond donors (Lipinski definition) is 1. The Morgan fingerprint density at radius 1 is 1.48 bits per heavy atom. The lowest BCUT2D eigenvalue weighted by molar-refractivity contribution is -0.132. The zero-order chi connectivity index (χ0) is 18.6. The SMILES string of the molecule is CCN(C(=O)CNC(C)c1ccc(OC)c(Br)c1)C1CCS(=O)(=O)C1. The number of nitrogens with zero attached hydrogens (tertiary/aromatic N) is 1. The van der Waals surface area contributed by atoms with Crippen LogP contribution in [0, 0.1) is 0 Å². The molecule has 0 aromatic heterocycles. The number of nitrogens with one attached hydrogen (secondary N) is 1. The Kier molecular flexibility index (Phi) is 6.87. The largest absolute Gasteiger partial charge is 0.496 e. The average Bonchev–Trinajstić information content (AvgIpc) is 2.92. The van der Waals surface area contributed by atoms with Crippen LogP contribution in [0.3, 0.4) is 0 Å². The number of carbonyl (C=O) groups excluding carboxylic acids is 1. The normalized spacial score (nSPS) is 20.2. The smallest absolute Gasteiger partial charge is 0.236 e. The first-order valence-electron chi connectivity index (χ1n) is 8.34. The van der Waals surface area contributed by atoms with Crippen molar-refractivity contribution in [3.63, 3.8) is 0 Å². The minimum atomic E-state index is -3.00. The van der Waals surface area contributed by atoms with Crippen molar-refractivity contribution in [1.82, 2.24) is 10.2 Å². The van der Waals surface area contributed by atoms with Crippen molar-refractivity contribution < 1.29 is 17.9 Å². The van der Waals surface area contributed by atoms with E-state index in [0.717, 1.165) is 15.8 Å². The standard InChI is InChI=1S/C17H25BrN2O4S/c1-4-20(14-7-8-25(22,23)11-14)17(21)10-19-12(2)13-5-6-16(24-3)15(18)9-13/h5-6,9,12,14,19H,4,7-8,10-11H2,1-3H3. The summed E-state index contributed by atoms with van der Waals surface area (Å²) in [4.78, 5) is 14.2. The highest BCUT2D eigenvalue weighted by Gasteiger charge is 2.33.